The molecule has 0 saturated heterocycles. The highest BCUT2D eigenvalue weighted by atomic mass is 19.4. The first-order valence-corrected chi connectivity index (χ1v) is 5.20. The number of carbonyl (C=O) groups excluding carboxylic acids is 1. The summed E-state index contributed by atoms with van der Waals surface area (Å²) in [6, 6.07) is 0. The van der Waals surface area contributed by atoms with Crippen molar-refractivity contribution >= 4 is 11.8 Å². The quantitative estimate of drug-likeness (QED) is 0.803. The van der Waals surface area contributed by atoms with Crippen molar-refractivity contribution in [3.63, 3.8) is 0 Å². The van der Waals surface area contributed by atoms with Crippen LogP contribution in [0.15, 0.2) is 6.20 Å². The highest BCUT2D eigenvalue weighted by molar-refractivity contribution is 5.92. The van der Waals surface area contributed by atoms with E-state index in [0.29, 0.717) is 0 Å². The van der Waals surface area contributed by atoms with Gasteiger partial charge in [0, 0.05) is 18.3 Å². The molecule has 0 aliphatic heterocycles. The van der Waals surface area contributed by atoms with Gasteiger partial charge in [-0.25, -0.2) is 9.78 Å². The van der Waals surface area contributed by atoms with Gasteiger partial charge in [-0.3, -0.25) is 0 Å². The predicted molar refractivity (Wildman–Crippen MR) is 59.2 cm³/mol. The second-order valence-electron chi connectivity index (χ2n) is 3.34. The van der Waals surface area contributed by atoms with Crippen LogP contribution in [0.2, 0.25) is 0 Å². The highest BCUT2D eigenvalue weighted by Gasteiger charge is 2.34. The third-order valence-electron chi connectivity index (χ3n) is 2.08. The molecule has 0 bridgehead atoms. The largest absolute Gasteiger partial charge is 0.573 e. The molecule has 106 valence electrons. The van der Waals surface area contributed by atoms with Gasteiger partial charge in [0.25, 0.3) is 0 Å². The zero-order valence-corrected chi connectivity index (χ0v) is 9.95. The fourth-order valence-corrected chi connectivity index (χ4v) is 1.36. The van der Waals surface area contributed by atoms with Crippen LogP contribution < -0.4 is 16.2 Å². The molecule has 19 heavy (non-hydrogen) atoms. The van der Waals surface area contributed by atoms with Gasteiger partial charge < -0.3 is 20.9 Å². The minimum Gasteiger partial charge on any atom is -0.462 e. The van der Waals surface area contributed by atoms with E-state index in [4.69, 9.17) is 11.5 Å². The van der Waals surface area contributed by atoms with Gasteiger partial charge in [-0.05, 0) is 6.92 Å². The summed E-state index contributed by atoms with van der Waals surface area (Å²) in [4.78, 5) is 15.0. The van der Waals surface area contributed by atoms with Crippen LogP contribution in [0.1, 0.15) is 22.8 Å². The zero-order chi connectivity index (χ0) is 14.6. The molecular formula is C10H12F3N3O3. The predicted octanol–water partition coefficient (Wildman–Crippen LogP) is 1.20. The minimum absolute atomic E-state index is 0.0582. The van der Waals surface area contributed by atoms with Gasteiger partial charge in [0.1, 0.15) is 0 Å². The van der Waals surface area contributed by atoms with E-state index in [0.717, 1.165) is 6.20 Å². The summed E-state index contributed by atoms with van der Waals surface area (Å²) in [6.45, 7) is 1.23. The number of esters is 1. The third kappa shape index (κ3) is 3.71. The number of nitrogen functional groups attached to an aromatic ring is 1. The monoisotopic (exact) mass is 279 g/mol. The molecule has 1 aromatic heterocycles. The normalized spacial score (nSPS) is 11.2. The molecule has 0 spiro atoms. The lowest BCUT2D eigenvalue weighted by Crippen LogP contribution is -2.22. The summed E-state index contributed by atoms with van der Waals surface area (Å²) in [6.07, 6.45) is -3.97. The lowest BCUT2D eigenvalue weighted by atomic mass is 10.1. The maximum atomic E-state index is 12.3. The Balaban J connectivity index is 3.29. The van der Waals surface area contributed by atoms with E-state index in [9.17, 15) is 18.0 Å². The van der Waals surface area contributed by atoms with Crippen LogP contribution in [-0.2, 0) is 11.3 Å². The maximum Gasteiger partial charge on any atom is 0.573 e. The molecule has 0 aliphatic rings. The molecule has 0 unspecified atom stereocenters. The Hall–Kier alpha value is -2.03. The molecule has 1 aromatic rings. The van der Waals surface area contributed by atoms with Crippen molar-refractivity contribution in [3.8, 4) is 5.75 Å². The number of hydrogen-bond donors (Lipinski definition) is 2. The van der Waals surface area contributed by atoms with Gasteiger partial charge in [-0.15, -0.1) is 13.2 Å². The van der Waals surface area contributed by atoms with Crippen LogP contribution in [0.25, 0.3) is 0 Å². The van der Waals surface area contributed by atoms with Crippen molar-refractivity contribution in [2.75, 3.05) is 12.3 Å². The highest BCUT2D eigenvalue weighted by Crippen LogP contribution is 2.32. The van der Waals surface area contributed by atoms with E-state index in [1.165, 1.54) is 0 Å². The molecule has 0 amide bonds. The second-order valence-corrected chi connectivity index (χ2v) is 3.34. The smallest absolute Gasteiger partial charge is 0.462 e. The summed E-state index contributed by atoms with van der Waals surface area (Å²) in [5.74, 6) is -2.13. The Kier molecular flexibility index (Phi) is 4.54. The van der Waals surface area contributed by atoms with Crippen LogP contribution in [0.5, 0.6) is 5.75 Å². The van der Waals surface area contributed by atoms with Crippen molar-refractivity contribution in [1.82, 2.24) is 4.98 Å². The molecule has 1 rings (SSSR count). The summed E-state index contributed by atoms with van der Waals surface area (Å²) in [5.41, 5.74) is 10.2. The molecule has 4 N–H and O–H groups in total. The van der Waals surface area contributed by atoms with Crippen LogP contribution in [0.4, 0.5) is 19.0 Å². The van der Waals surface area contributed by atoms with E-state index in [1.54, 1.807) is 6.92 Å². The topological polar surface area (TPSA) is 100 Å². The average Bonchev–Trinajstić information content (AvgIpc) is 2.30. The van der Waals surface area contributed by atoms with Gasteiger partial charge in [-0.2, -0.15) is 0 Å². The summed E-state index contributed by atoms with van der Waals surface area (Å²) in [5, 5.41) is 0. The van der Waals surface area contributed by atoms with E-state index >= 15 is 0 Å². The SMILES string of the molecule is CCOC(=O)c1cnc(N)c(OC(F)(F)F)c1CN. The molecule has 1 heterocycles. The molecule has 0 aromatic carbocycles. The second kappa shape index (κ2) is 5.74. The Labute approximate surface area is 106 Å². The maximum absolute atomic E-state index is 12.3. The van der Waals surface area contributed by atoms with E-state index < -0.39 is 23.9 Å². The fraction of sp³-hybridized carbons (Fsp3) is 0.400. The molecule has 0 fully saturated rings. The van der Waals surface area contributed by atoms with Crippen molar-refractivity contribution in [1.29, 1.82) is 0 Å². The first-order chi connectivity index (χ1) is 8.80. The number of nitrogens with zero attached hydrogens (tertiary/aromatic N) is 1. The average molecular weight is 279 g/mol. The zero-order valence-electron chi connectivity index (χ0n) is 9.95. The minimum atomic E-state index is -4.97. The number of alkyl halides is 3. The standard InChI is InChI=1S/C10H12F3N3O3/c1-2-18-9(17)6-4-16-8(15)7(5(6)3-14)19-10(11,12)13/h4H,2-3,14H2,1H3,(H2,15,16). The van der Waals surface area contributed by atoms with Crippen molar-refractivity contribution in [2.24, 2.45) is 5.73 Å². The molecule has 0 saturated carbocycles. The Morgan fingerprint density at radius 2 is 2.11 bits per heavy atom. The number of hydrogen-bond acceptors (Lipinski definition) is 6. The summed E-state index contributed by atoms with van der Waals surface area (Å²) < 4.78 is 45.2. The number of nitrogens with two attached hydrogens (primary N) is 2. The van der Waals surface area contributed by atoms with Crippen LogP contribution in [0, 0.1) is 0 Å². The van der Waals surface area contributed by atoms with Crippen molar-refractivity contribution < 1.29 is 27.4 Å². The number of rotatable bonds is 4. The van der Waals surface area contributed by atoms with Gasteiger partial charge in [0.2, 0.25) is 0 Å². The van der Waals surface area contributed by atoms with Crippen LogP contribution in [0.3, 0.4) is 0 Å². The van der Waals surface area contributed by atoms with Crippen molar-refractivity contribution in [2.45, 2.75) is 19.8 Å². The number of anilines is 1. The van der Waals surface area contributed by atoms with Crippen molar-refractivity contribution in [3.05, 3.63) is 17.3 Å². The van der Waals surface area contributed by atoms with Gasteiger partial charge >= 0.3 is 12.3 Å². The van der Waals surface area contributed by atoms with Crippen LogP contribution >= 0.6 is 0 Å². The number of aromatic nitrogens is 1. The Bertz CT molecular complexity index is 477. The van der Waals surface area contributed by atoms with Gasteiger partial charge in [-0.1, -0.05) is 0 Å². The molecule has 0 atom stereocenters. The number of carbonyl (C=O) groups is 1. The lowest BCUT2D eigenvalue weighted by Gasteiger charge is -2.16. The first-order valence-electron chi connectivity index (χ1n) is 5.20. The molecule has 6 nitrogen and oxygen atoms in total. The molecule has 9 heteroatoms. The fourth-order valence-electron chi connectivity index (χ4n) is 1.36. The molecule has 0 aliphatic carbocycles. The lowest BCUT2D eigenvalue weighted by molar-refractivity contribution is -0.274. The van der Waals surface area contributed by atoms with Gasteiger partial charge in [0.15, 0.2) is 11.6 Å². The molecular weight excluding hydrogens is 267 g/mol. The number of pyridine rings is 1. The third-order valence-corrected chi connectivity index (χ3v) is 2.08. The van der Waals surface area contributed by atoms with E-state index in [1.807, 2.05) is 0 Å². The van der Waals surface area contributed by atoms with Gasteiger partial charge in [0.05, 0.1) is 12.2 Å². The molecule has 0 radical (unpaired) electrons. The summed E-state index contributed by atoms with van der Waals surface area (Å²) in [7, 11) is 0. The first kappa shape index (κ1) is 15.0. The van der Waals surface area contributed by atoms with E-state index in [2.05, 4.69) is 14.5 Å². The Morgan fingerprint density at radius 1 is 1.47 bits per heavy atom. The Morgan fingerprint density at radius 3 is 2.58 bits per heavy atom. The summed E-state index contributed by atoms with van der Waals surface area (Å²) >= 11 is 0. The number of halogens is 3. The number of ether oxygens (including phenoxy) is 2. The van der Waals surface area contributed by atoms with Crippen LogP contribution in [-0.4, -0.2) is 23.9 Å². The van der Waals surface area contributed by atoms with E-state index in [-0.39, 0.29) is 24.3 Å².